The number of aryl methyl sites for hydroxylation is 1. The van der Waals surface area contributed by atoms with Crippen molar-refractivity contribution in [3.05, 3.63) is 227 Å². The molecule has 30 nitrogen and oxygen atoms in total. The number of halogens is 8. The molecule has 46 heteroatoms. The lowest BCUT2D eigenvalue weighted by atomic mass is 10.0. The van der Waals surface area contributed by atoms with Crippen LogP contribution in [-0.4, -0.2) is 177 Å². The third kappa shape index (κ3) is 21.6. The van der Waals surface area contributed by atoms with Gasteiger partial charge in [0.25, 0.3) is 10.2 Å². The van der Waals surface area contributed by atoms with Crippen LogP contribution in [0.25, 0.3) is 42.6 Å². The van der Waals surface area contributed by atoms with E-state index in [0.717, 1.165) is 67.6 Å². The molecule has 4 saturated heterocycles. The molecule has 0 saturated carbocycles. The summed E-state index contributed by atoms with van der Waals surface area (Å²) in [5, 5.41) is 33.2. The van der Waals surface area contributed by atoms with Crippen LogP contribution in [0.3, 0.4) is 0 Å². The summed E-state index contributed by atoms with van der Waals surface area (Å²) in [5.74, 6) is 7.37. The highest BCUT2D eigenvalue weighted by atomic mass is 35.5. The van der Waals surface area contributed by atoms with Crippen LogP contribution in [0.15, 0.2) is 164 Å². The molecule has 0 aliphatic carbocycles. The number of aromatic amines is 3. The van der Waals surface area contributed by atoms with E-state index in [2.05, 4.69) is 98.3 Å². The first kappa shape index (κ1) is 92.1. The average molecular weight is 1900 g/mol. The normalized spacial score (nSPS) is 23.5. The lowest BCUT2D eigenvalue weighted by Gasteiger charge is -2.39. The molecule has 4 fully saturated rings. The highest BCUT2D eigenvalue weighted by molar-refractivity contribution is 7.97. The number of nitrogens with zero attached hydrogens (tertiary/aromatic N) is 10. The van der Waals surface area contributed by atoms with Gasteiger partial charge in [0.05, 0.1) is 114 Å². The zero-order valence-electron chi connectivity index (χ0n) is 64.1. The number of benzene rings is 4. The number of thiophene rings is 3. The number of carbonyl (C=O) groups excluding carboxylic acids is 4. The molecule has 12 heterocycles. The van der Waals surface area contributed by atoms with Gasteiger partial charge >= 0.3 is 0 Å². The maximum absolute atomic E-state index is 13.4. The van der Waals surface area contributed by atoms with Crippen LogP contribution in [0.5, 0.6) is 0 Å². The molecule has 4 aromatic carbocycles. The summed E-state index contributed by atoms with van der Waals surface area (Å²) in [6.45, 7) is 0. The van der Waals surface area contributed by atoms with Gasteiger partial charge in [0.1, 0.15) is 52.4 Å². The van der Waals surface area contributed by atoms with Gasteiger partial charge in [0.15, 0.2) is 0 Å². The topological polar surface area (TPSA) is 380 Å². The molecule has 122 heavy (non-hydrogen) atoms. The Morgan fingerprint density at radius 2 is 0.803 bits per heavy atom. The maximum atomic E-state index is 13.4. The Kier molecular flexibility index (Phi) is 29.1. The van der Waals surface area contributed by atoms with Crippen LogP contribution in [0.1, 0.15) is 76.9 Å². The Bertz CT molecular complexity index is 5840. The van der Waals surface area contributed by atoms with Gasteiger partial charge in [-0.25, -0.2) is 67.2 Å². The van der Waals surface area contributed by atoms with E-state index in [1.165, 1.54) is 132 Å². The Balaban J connectivity index is 0.000000148. The van der Waals surface area contributed by atoms with Crippen molar-refractivity contribution in [2.24, 2.45) is 7.05 Å². The van der Waals surface area contributed by atoms with Gasteiger partial charge in [-0.2, -0.15) is 32.7 Å². The molecule has 0 radical (unpaired) electrons. The second-order valence-electron chi connectivity index (χ2n) is 27.8. The van der Waals surface area contributed by atoms with E-state index in [4.69, 9.17) is 46.4 Å². The summed E-state index contributed by atoms with van der Waals surface area (Å²) < 4.78 is 137. The van der Waals surface area contributed by atoms with Crippen LogP contribution < -0.4 is 40.2 Å². The van der Waals surface area contributed by atoms with Crippen molar-refractivity contribution in [1.29, 1.82) is 0 Å². The number of anilines is 4. The van der Waals surface area contributed by atoms with Gasteiger partial charge in [-0.05, 0) is 157 Å². The lowest BCUT2D eigenvalue weighted by Crippen LogP contribution is -2.55. The molecule has 646 valence electrons. The number of carbonyl (C=O) groups is 4. The van der Waals surface area contributed by atoms with Crippen LogP contribution in [-0.2, 0) is 66.1 Å². The molecule has 12 aromatic rings. The molecule has 16 rings (SSSR count). The third-order valence-corrected chi connectivity index (χ3v) is 32.6. The van der Waals surface area contributed by atoms with E-state index in [9.17, 15) is 57.8 Å². The fourth-order valence-corrected chi connectivity index (χ4v) is 23.5. The second kappa shape index (κ2) is 38.6. The van der Waals surface area contributed by atoms with Gasteiger partial charge in [0, 0.05) is 125 Å². The number of rotatable bonds is 16. The fraction of sp³-hybridized carbons (Fsp3) is 0.237. The molecule has 4 amide bonds. The summed E-state index contributed by atoms with van der Waals surface area (Å²) >= 11 is 29.0. The zero-order chi connectivity index (χ0) is 86.7. The van der Waals surface area contributed by atoms with Gasteiger partial charge in [0.2, 0.25) is 23.6 Å². The largest absolute Gasteiger partial charge is 0.340 e. The molecule has 0 bridgehead atoms. The molecular weight excluding hydrogens is 1830 g/mol. The van der Waals surface area contributed by atoms with Gasteiger partial charge in [-0.15, -0.1) is 45.3 Å². The van der Waals surface area contributed by atoms with Crippen molar-refractivity contribution in [2.75, 3.05) is 49.5 Å². The van der Waals surface area contributed by atoms with E-state index >= 15 is 0 Å². The second-order valence-corrected chi connectivity index (χ2v) is 41.7. The number of likely N-dealkylation sites (N-methyl/N-ethyl adjacent to an activating group) is 4. The van der Waals surface area contributed by atoms with E-state index in [0.29, 0.717) is 41.3 Å². The van der Waals surface area contributed by atoms with Crippen molar-refractivity contribution in [3.63, 3.8) is 0 Å². The lowest BCUT2D eigenvalue weighted by molar-refractivity contribution is -0.120. The third-order valence-electron chi connectivity index (χ3n) is 19.7. The van der Waals surface area contributed by atoms with Gasteiger partial charge < -0.3 is 25.8 Å². The number of hydrogen-bond acceptors (Lipinski definition) is 18. The van der Waals surface area contributed by atoms with Crippen LogP contribution in [0.4, 0.5) is 40.3 Å². The molecular formula is C76H79Cl4F4N21O9S8. The SMILES string of the molecule is C.C=S1(=O)NC(c2cc(-c3cn[nH]c3)cs2)CC(C(=O)Nc2ccc(F)c(Cl)c2)N1C.C=S1(=O)NC(c2ccc(-c3cn[nH]c3)s2)CC(C(=O)Nc2ccc(F)c(Cl)c2)N1C.C=S1(=O)NC(c2ncc(-c3cn[nH]c3)s2)CC(C(=O)Nc2ccc(F)c(Cl)c2)N1C.CN1C(C(=O)Nc2ccc(F)c(Cl)c2)CC(c2ccc(-c3cn(C)cn3)s2)NS1(=O)=O. The summed E-state index contributed by atoms with van der Waals surface area (Å²) in [4.78, 5) is 65.9. The van der Waals surface area contributed by atoms with Crippen molar-refractivity contribution in [3.8, 4) is 42.6 Å². The minimum Gasteiger partial charge on any atom is -0.340 e. The predicted octanol–water partition coefficient (Wildman–Crippen LogP) is 13.5. The van der Waals surface area contributed by atoms with E-state index in [-0.39, 0.29) is 63.5 Å². The van der Waals surface area contributed by atoms with E-state index in [1.54, 1.807) is 70.8 Å². The highest BCUT2D eigenvalue weighted by Crippen LogP contribution is 2.41. The molecule has 8 aromatic heterocycles. The summed E-state index contributed by atoms with van der Waals surface area (Å²) in [6.07, 6.45) is 17.1. The Morgan fingerprint density at radius 3 is 1.20 bits per heavy atom. The number of nitrogens with one attached hydrogen (secondary N) is 11. The van der Waals surface area contributed by atoms with Crippen LogP contribution >= 0.6 is 91.8 Å². The number of H-pyrrole nitrogens is 3. The maximum Gasteiger partial charge on any atom is 0.280 e. The summed E-state index contributed by atoms with van der Waals surface area (Å²) in [7, 11) is -4.61. The van der Waals surface area contributed by atoms with Crippen LogP contribution in [0, 0.1) is 23.3 Å². The monoisotopic (exact) mass is 1900 g/mol. The van der Waals surface area contributed by atoms with Crippen molar-refractivity contribution in [1.82, 2.24) is 81.2 Å². The van der Waals surface area contributed by atoms with Crippen LogP contribution in [0.2, 0.25) is 20.1 Å². The quantitative estimate of drug-likeness (QED) is 0.0316. The Hall–Kier alpha value is -9.10. The molecule has 4 aliphatic heterocycles. The Morgan fingerprint density at radius 1 is 0.434 bits per heavy atom. The smallest absolute Gasteiger partial charge is 0.280 e. The van der Waals surface area contributed by atoms with E-state index in [1.807, 2.05) is 53.5 Å². The zero-order valence-corrected chi connectivity index (χ0v) is 73.6. The summed E-state index contributed by atoms with van der Waals surface area (Å²) in [5.41, 5.74) is 5.93. The molecule has 11 unspecified atom stereocenters. The molecule has 0 spiro atoms. The minimum absolute atomic E-state index is 0. The first-order chi connectivity index (χ1) is 57.4. The van der Waals surface area contributed by atoms with Crippen molar-refractivity contribution < 1.29 is 57.8 Å². The van der Waals surface area contributed by atoms with Gasteiger partial charge in [-0.1, -0.05) is 53.8 Å². The molecule has 11 atom stereocenters. The summed E-state index contributed by atoms with van der Waals surface area (Å²) in [6, 6.07) is 20.5. The van der Waals surface area contributed by atoms with Gasteiger partial charge in [-0.3, -0.25) is 34.5 Å². The molecule has 4 aliphatic rings. The van der Waals surface area contributed by atoms with E-state index < -0.39 is 111 Å². The Labute approximate surface area is 736 Å². The average Bonchev–Trinajstić information content (AvgIpc) is 1.28. The fourth-order valence-electron chi connectivity index (χ4n) is 13.0. The van der Waals surface area contributed by atoms with Crippen molar-refractivity contribution in [2.45, 2.75) is 81.4 Å². The first-order valence-corrected chi connectivity index (χ1v) is 47.3. The number of amides is 4. The first-order valence-electron chi connectivity index (χ1n) is 36.0. The van der Waals surface area contributed by atoms with Crippen molar-refractivity contribution >= 4 is 196 Å². The number of aromatic nitrogens is 9. The number of thiazole rings is 1. The predicted molar refractivity (Wildman–Crippen MR) is 480 cm³/mol. The minimum atomic E-state index is -3.89. The molecule has 11 N–H and O–H groups in total. The standard InChI is InChI=1S/C19H19ClFN5O3S2.2C19H19ClFN5O2S2.C18H18ClFN6O2S2.CH4/c1-25-9-15(22-10-25)18-6-5-17(30-18)14-8-16(26(2)31(28,29)24-14)19(27)23-11-3-4-13(21)12(20)7-11;1-26-17(19(27)24-13-3-4-15(21)14(20)6-13)7-16(25-30(26,2)28)18-5-11(10-29-18)12-8-22-23-9-12;1-26-16(19(27)24-12-3-4-14(21)13(20)7-12)8-15(25-30(26,2)28)18-6-5-17(29-18)11-9-22-23-10-11;1-26-15(17(27)24-11-3-4-13(20)12(19)5-11)6-14(25-30(26,2)28)18-21-9-16(29-18)10-7-22-23-8-10;/h3-7,9-10,14,16,24H,8H2,1-2H3,(H,23,27);3-6,8-10,16-17H,2,7H2,1H3,(H,22,23)(H,24,27)(H,25,28);3-7,9-10,15-16H,2,8H2,1H3,(H,22,23)(H,24,27)(H,25,28);3-5,7-9,14-15H,2,6H2,1H3,(H,22,23)(H,24,27)(H,25,28);1H4. The highest BCUT2D eigenvalue weighted by Gasteiger charge is 2.44. The number of imidazole rings is 1. The number of hydrogen-bond donors (Lipinski definition) is 11.